The molecular weight excluding hydrogens is 375 g/mol. The minimum Gasteiger partial charge on any atom is -0.267 e. The van der Waals surface area contributed by atoms with E-state index in [9.17, 15) is 4.79 Å². The number of halogens is 1. The first kappa shape index (κ1) is 15.7. The zero-order valence-corrected chi connectivity index (χ0v) is 14.2. The molecule has 0 aliphatic rings. The summed E-state index contributed by atoms with van der Waals surface area (Å²) in [7, 11) is 0. The van der Waals surface area contributed by atoms with Crippen LogP contribution in [0.3, 0.4) is 0 Å². The highest BCUT2D eigenvalue weighted by Crippen LogP contribution is 2.14. The van der Waals surface area contributed by atoms with Gasteiger partial charge in [0.2, 0.25) is 0 Å². The van der Waals surface area contributed by atoms with E-state index in [0.717, 1.165) is 9.13 Å². The molecular formula is C17H17IN2O. The molecule has 0 aromatic heterocycles. The van der Waals surface area contributed by atoms with Gasteiger partial charge in [-0.15, -0.1) is 0 Å². The van der Waals surface area contributed by atoms with Gasteiger partial charge < -0.3 is 0 Å². The van der Waals surface area contributed by atoms with Crippen molar-refractivity contribution in [3.8, 4) is 0 Å². The summed E-state index contributed by atoms with van der Waals surface area (Å²) in [6, 6.07) is 15.5. The van der Waals surface area contributed by atoms with Gasteiger partial charge in [-0.2, -0.15) is 5.10 Å². The van der Waals surface area contributed by atoms with Gasteiger partial charge >= 0.3 is 0 Å². The zero-order valence-electron chi connectivity index (χ0n) is 12.0. The average molecular weight is 392 g/mol. The minimum absolute atomic E-state index is 0.201. The van der Waals surface area contributed by atoms with Gasteiger partial charge in [0.1, 0.15) is 0 Å². The fraction of sp³-hybridized carbons (Fsp3) is 0.176. The third-order valence-corrected chi connectivity index (χ3v) is 4.10. The predicted molar refractivity (Wildman–Crippen MR) is 94.8 cm³/mol. The second kappa shape index (κ2) is 7.36. The van der Waals surface area contributed by atoms with Crippen LogP contribution in [0.25, 0.3) is 0 Å². The summed E-state index contributed by atoms with van der Waals surface area (Å²) in [5.74, 6) is 0.257. The van der Waals surface area contributed by atoms with E-state index in [1.165, 1.54) is 5.56 Å². The molecule has 0 heterocycles. The molecule has 2 rings (SSSR count). The van der Waals surface area contributed by atoms with Crippen molar-refractivity contribution in [1.29, 1.82) is 0 Å². The van der Waals surface area contributed by atoms with E-state index >= 15 is 0 Å². The van der Waals surface area contributed by atoms with Crippen LogP contribution in [0.2, 0.25) is 0 Å². The van der Waals surface area contributed by atoms with E-state index in [-0.39, 0.29) is 5.91 Å². The van der Waals surface area contributed by atoms with Crippen LogP contribution in [0, 0.1) is 3.57 Å². The van der Waals surface area contributed by atoms with Crippen molar-refractivity contribution in [3.05, 3.63) is 68.8 Å². The van der Waals surface area contributed by atoms with Gasteiger partial charge in [-0.1, -0.05) is 44.2 Å². The van der Waals surface area contributed by atoms with Crippen molar-refractivity contribution in [1.82, 2.24) is 5.43 Å². The Bertz CT molecular complexity index is 648. The van der Waals surface area contributed by atoms with Crippen LogP contribution in [0.15, 0.2) is 53.6 Å². The van der Waals surface area contributed by atoms with Crippen LogP contribution < -0.4 is 5.43 Å². The van der Waals surface area contributed by atoms with Crippen LogP contribution in [0.5, 0.6) is 0 Å². The van der Waals surface area contributed by atoms with Gasteiger partial charge in [-0.05, 0) is 52.3 Å². The number of nitrogens with one attached hydrogen (secondary N) is 1. The molecule has 2 aromatic rings. The lowest BCUT2D eigenvalue weighted by Gasteiger charge is -2.06. The van der Waals surface area contributed by atoms with Crippen LogP contribution >= 0.6 is 22.6 Å². The summed E-state index contributed by atoms with van der Waals surface area (Å²) in [6.07, 6.45) is 1.65. The normalized spacial score (nSPS) is 11.0. The van der Waals surface area contributed by atoms with Crippen molar-refractivity contribution in [2.24, 2.45) is 5.10 Å². The minimum atomic E-state index is -0.201. The standard InChI is InChI=1S/C17H17IN2O/c1-12(2)13-7-9-14(10-8-13)17(21)20-19-11-15-5-3-4-6-16(15)18/h3-12H,1-2H3,(H,20,21)/b19-11+. The Labute approximate surface area is 138 Å². The highest BCUT2D eigenvalue weighted by atomic mass is 127. The predicted octanol–water partition coefficient (Wildman–Crippen LogP) is 4.18. The SMILES string of the molecule is CC(C)c1ccc(C(=O)N/N=C/c2ccccc2I)cc1. The summed E-state index contributed by atoms with van der Waals surface area (Å²) in [5.41, 5.74) is 5.36. The smallest absolute Gasteiger partial charge is 0.267 e. The van der Waals surface area contributed by atoms with E-state index in [1.807, 2.05) is 48.5 Å². The molecule has 2 aromatic carbocycles. The number of carbonyl (C=O) groups excluding carboxylic acids is 1. The van der Waals surface area contributed by atoms with Gasteiger partial charge in [0.15, 0.2) is 0 Å². The lowest BCUT2D eigenvalue weighted by molar-refractivity contribution is 0.0955. The fourth-order valence-corrected chi connectivity index (χ4v) is 2.35. The number of hydrazone groups is 1. The highest BCUT2D eigenvalue weighted by Gasteiger charge is 2.05. The third kappa shape index (κ3) is 4.39. The second-order valence-electron chi connectivity index (χ2n) is 5.00. The van der Waals surface area contributed by atoms with E-state index in [4.69, 9.17) is 0 Å². The third-order valence-electron chi connectivity index (χ3n) is 3.11. The van der Waals surface area contributed by atoms with E-state index in [0.29, 0.717) is 11.5 Å². The Morgan fingerprint density at radius 3 is 2.43 bits per heavy atom. The Kier molecular flexibility index (Phi) is 5.50. The van der Waals surface area contributed by atoms with Gasteiger partial charge in [0.05, 0.1) is 6.21 Å². The Morgan fingerprint density at radius 2 is 1.81 bits per heavy atom. The molecule has 0 saturated heterocycles. The summed E-state index contributed by atoms with van der Waals surface area (Å²) >= 11 is 2.23. The summed E-state index contributed by atoms with van der Waals surface area (Å²) in [4.78, 5) is 12.0. The lowest BCUT2D eigenvalue weighted by Crippen LogP contribution is -2.17. The first-order valence-corrected chi connectivity index (χ1v) is 7.83. The number of benzene rings is 2. The van der Waals surface area contributed by atoms with E-state index in [2.05, 4.69) is 47.0 Å². The molecule has 0 spiro atoms. The largest absolute Gasteiger partial charge is 0.271 e. The molecule has 0 atom stereocenters. The van der Waals surface area contributed by atoms with Crippen LogP contribution in [0.1, 0.15) is 41.3 Å². The van der Waals surface area contributed by atoms with Crippen LogP contribution in [-0.4, -0.2) is 12.1 Å². The van der Waals surface area contributed by atoms with Crippen molar-refractivity contribution < 1.29 is 4.79 Å². The highest BCUT2D eigenvalue weighted by molar-refractivity contribution is 14.1. The van der Waals surface area contributed by atoms with Crippen molar-refractivity contribution in [3.63, 3.8) is 0 Å². The monoisotopic (exact) mass is 392 g/mol. The number of amides is 1. The van der Waals surface area contributed by atoms with Crippen molar-refractivity contribution in [2.75, 3.05) is 0 Å². The second-order valence-corrected chi connectivity index (χ2v) is 6.16. The maximum atomic E-state index is 12.0. The maximum absolute atomic E-state index is 12.0. The number of hydrogen-bond acceptors (Lipinski definition) is 2. The Hall–Kier alpha value is -1.69. The fourth-order valence-electron chi connectivity index (χ4n) is 1.82. The Balaban J connectivity index is 2.00. The molecule has 0 aliphatic heterocycles. The van der Waals surface area contributed by atoms with Gasteiger partial charge in [0, 0.05) is 14.7 Å². The molecule has 21 heavy (non-hydrogen) atoms. The molecule has 0 unspecified atom stereocenters. The van der Waals surface area contributed by atoms with Crippen LogP contribution in [-0.2, 0) is 0 Å². The molecule has 0 radical (unpaired) electrons. The number of carbonyl (C=O) groups is 1. The number of rotatable bonds is 4. The molecule has 0 bridgehead atoms. The first-order chi connectivity index (χ1) is 10.1. The average Bonchev–Trinajstić information content (AvgIpc) is 2.49. The molecule has 0 saturated carbocycles. The maximum Gasteiger partial charge on any atom is 0.271 e. The summed E-state index contributed by atoms with van der Waals surface area (Å²) in [5, 5.41) is 4.01. The zero-order chi connectivity index (χ0) is 15.2. The van der Waals surface area contributed by atoms with E-state index < -0.39 is 0 Å². The number of hydrogen-bond donors (Lipinski definition) is 1. The molecule has 1 amide bonds. The van der Waals surface area contributed by atoms with Gasteiger partial charge in [-0.25, -0.2) is 5.43 Å². The molecule has 3 nitrogen and oxygen atoms in total. The number of nitrogens with zero attached hydrogens (tertiary/aromatic N) is 1. The van der Waals surface area contributed by atoms with Crippen molar-refractivity contribution >= 4 is 34.7 Å². The molecule has 1 N–H and O–H groups in total. The van der Waals surface area contributed by atoms with E-state index in [1.54, 1.807) is 6.21 Å². The van der Waals surface area contributed by atoms with Crippen LogP contribution in [0.4, 0.5) is 0 Å². The van der Waals surface area contributed by atoms with Gasteiger partial charge in [-0.3, -0.25) is 4.79 Å². The quantitative estimate of drug-likeness (QED) is 0.474. The molecule has 108 valence electrons. The summed E-state index contributed by atoms with van der Waals surface area (Å²) in [6.45, 7) is 4.25. The van der Waals surface area contributed by atoms with Crippen molar-refractivity contribution in [2.45, 2.75) is 19.8 Å². The van der Waals surface area contributed by atoms with Gasteiger partial charge in [0.25, 0.3) is 5.91 Å². The topological polar surface area (TPSA) is 41.5 Å². The molecule has 0 fully saturated rings. The summed E-state index contributed by atoms with van der Waals surface area (Å²) < 4.78 is 1.09. The first-order valence-electron chi connectivity index (χ1n) is 6.76. The Morgan fingerprint density at radius 1 is 1.14 bits per heavy atom. The molecule has 0 aliphatic carbocycles. The molecule has 4 heteroatoms. The lowest BCUT2D eigenvalue weighted by atomic mass is 10.0.